The smallest absolute Gasteiger partial charge is 0.142 e. The SMILES string of the molecule is C=C1Nc2c(Cl)cc3cc(CN(C)Cc4ccco4)oc3c2C2(CCCCC2)N1. The van der Waals surface area contributed by atoms with E-state index in [2.05, 4.69) is 35.2 Å². The van der Waals surface area contributed by atoms with Crippen LogP contribution in [0.15, 0.2) is 51.8 Å². The molecule has 3 aromatic rings. The van der Waals surface area contributed by atoms with Crippen LogP contribution in [0.4, 0.5) is 5.69 Å². The van der Waals surface area contributed by atoms with E-state index in [0.717, 1.165) is 64.0 Å². The van der Waals surface area contributed by atoms with Crippen molar-refractivity contribution in [3.8, 4) is 0 Å². The third-order valence-electron chi connectivity index (χ3n) is 6.09. The molecular weight excluding hydrogens is 386 g/mol. The molecule has 0 amide bonds. The van der Waals surface area contributed by atoms with Gasteiger partial charge in [0.2, 0.25) is 0 Å². The summed E-state index contributed by atoms with van der Waals surface area (Å²) >= 11 is 6.70. The summed E-state index contributed by atoms with van der Waals surface area (Å²) in [5.41, 5.74) is 2.87. The zero-order valence-electron chi connectivity index (χ0n) is 16.7. The third-order valence-corrected chi connectivity index (χ3v) is 6.39. The minimum atomic E-state index is -0.158. The Labute approximate surface area is 175 Å². The van der Waals surface area contributed by atoms with Crippen LogP contribution in [0.25, 0.3) is 11.0 Å². The monoisotopic (exact) mass is 411 g/mol. The lowest BCUT2D eigenvalue weighted by Crippen LogP contribution is -2.48. The Morgan fingerprint density at radius 3 is 2.72 bits per heavy atom. The number of furan rings is 2. The molecule has 152 valence electrons. The van der Waals surface area contributed by atoms with Crippen molar-refractivity contribution in [3.05, 3.63) is 65.0 Å². The van der Waals surface area contributed by atoms with E-state index >= 15 is 0 Å². The van der Waals surface area contributed by atoms with Crippen molar-refractivity contribution in [2.45, 2.75) is 50.7 Å². The van der Waals surface area contributed by atoms with Gasteiger partial charge >= 0.3 is 0 Å². The molecule has 1 fully saturated rings. The maximum Gasteiger partial charge on any atom is 0.142 e. The Kier molecular flexibility index (Phi) is 4.60. The second kappa shape index (κ2) is 7.15. The molecule has 29 heavy (non-hydrogen) atoms. The van der Waals surface area contributed by atoms with Crippen molar-refractivity contribution in [2.24, 2.45) is 0 Å². The normalized spacial score (nSPS) is 18.1. The topological polar surface area (TPSA) is 53.6 Å². The molecule has 1 aromatic carbocycles. The molecule has 2 N–H and O–H groups in total. The molecule has 5 rings (SSSR count). The molecule has 0 bridgehead atoms. The lowest BCUT2D eigenvalue weighted by molar-refractivity contribution is 0.247. The Hall–Kier alpha value is -2.37. The van der Waals surface area contributed by atoms with Gasteiger partial charge in [-0.3, -0.25) is 4.90 Å². The van der Waals surface area contributed by atoms with Gasteiger partial charge in [-0.2, -0.15) is 0 Å². The average Bonchev–Trinajstić information content (AvgIpc) is 3.31. The molecule has 0 radical (unpaired) electrons. The summed E-state index contributed by atoms with van der Waals surface area (Å²) in [7, 11) is 2.06. The lowest BCUT2D eigenvalue weighted by Gasteiger charge is -2.44. The molecule has 1 saturated carbocycles. The first kappa shape index (κ1) is 18.6. The fraction of sp³-hybridized carbons (Fsp3) is 0.391. The van der Waals surface area contributed by atoms with Gasteiger partial charge < -0.3 is 19.5 Å². The van der Waals surface area contributed by atoms with Gasteiger partial charge in [0, 0.05) is 10.9 Å². The van der Waals surface area contributed by atoms with Gasteiger partial charge in [-0.05, 0) is 44.2 Å². The van der Waals surface area contributed by atoms with Crippen LogP contribution in [-0.4, -0.2) is 11.9 Å². The molecule has 3 heterocycles. The Bertz CT molecular complexity index is 1050. The van der Waals surface area contributed by atoms with Gasteiger partial charge in [0.15, 0.2) is 0 Å². The highest BCUT2D eigenvalue weighted by atomic mass is 35.5. The number of halogens is 1. The molecule has 0 atom stereocenters. The number of nitrogens with one attached hydrogen (secondary N) is 2. The van der Waals surface area contributed by atoms with E-state index in [4.69, 9.17) is 20.4 Å². The maximum absolute atomic E-state index is 6.70. The van der Waals surface area contributed by atoms with E-state index in [-0.39, 0.29) is 5.54 Å². The predicted octanol–water partition coefficient (Wildman–Crippen LogP) is 5.96. The lowest BCUT2D eigenvalue weighted by atomic mass is 9.74. The van der Waals surface area contributed by atoms with Gasteiger partial charge in [0.1, 0.15) is 17.1 Å². The van der Waals surface area contributed by atoms with E-state index in [0.29, 0.717) is 6.54 Å². The molecule has 1 aliphatic carbocycles. The molecule has 2 aromatic heterocycles. The zero-order valence-corrected chi connectivity index (χ0v) is 17.4. The van der Waals surface area contributed by atoms with Crippen molar-refractivity contribution in [1.29, 1.82) is 0 Å². The molecular formula is C23H26ClN3O2. The second-order valence-corrected chi connectivity index (χ2v) is 8.77. The molecule has 0 saturated heterocycles. The van der Waals surface area contributed by atoms with E-state index < -0.39 is 0 Å². The van der Waals surface area contributed by atoms with Gasteiger partial charge in [0.05, 0.1) is 41.4 Å². The largest absolute Gasteiger partial charge is 0.468 e. The van der Waals surface area contributed by atoms with Gasteiger partial charge in [0.25, 0.3) is 0 Å². The van der Waals surface area contributed by atoms with Crippen LogP contribution in [0.3, 0.4) is 0 Å². The van der Waals surface area contributed by atoms with E-state index in [1.807, 2.05) is 18.2 Å². The highest BCUT2D eigenvalue weighted by Crippen LogP contribution is 2.49. The van der Waals surface area contributed by atoms with E-state index in [1.54, 1.807) is 6.26 Å². The van der Waals surface area contributed by atoms with E-state index in [9.17, 15) is 0 Å². The summed E-state index contributed by atoms with van der Waals surface area (Å²) in [5, 5.41) is 8.76. The van der Waals surface area contributed by atoms with Crippen LogP contribution in [-0.2, 0) is 18.6 Å². The standard InChI is InChI=1S/C23H26ClN3O2/c1-15-25-21-19(24)12-16-11-18(14-27(2)13-17-7-6-10-28-17)29-22(16)20(21)23(26-15)8-4-3-5-9-23/h6-7,10-12,25-26H,1,3-5,8-9,13-14H2,2H3. The summed E-state index contributed by atoms with van der Waals surface area (Å²) in [6.45, 7) is 5.57. The number of fused-ring (bicyclic) bond motifs is 4. The Balaban J connectivity index is 1.54. The molecule has 0 unspecified atom stereocenters. The molecule has 1 aliphatic heterocycles. The quantitative estimate of drug-likeness (QED) is 0.555. The fourth-order valence-corrected chi connectivity index (χ4v) is 5.17. The van der Waals surface area contributed by atoms with Gasteiger partial charge in [-0.25, -0.2) is 0 Å². The fourth-order valence-electron chi connectivity index (χ4n) is 4.91. The van der Waals surface area contributed by atoms with Crippen LogP contribution in [0.2, 0.25) is 5.02 Å². The summed E-state index contributed by atoms with van der Waals surface area (Å²) in [4.78, 5) is 2.18. The highest BCUT2D eigenvalue weighted by Gasteiger charge is 2.42. The van der Waals surface area contributed by atoms with E-state index in [1.165, 1.54) is 19.3 Å². The Morgan fingerprint density at radius 1 is 1.17 bits per heavy atom. The summed E-state index contributed by atoms with van der Waals surface area (Å²) in [6.07, 6.45) is 7.47. The average molecular weight is 412 g/mol. The van der Waals surface area contributed by atoms with Gasteiger partial charge in [-0.1, -0.05) is 37.4 Å². The molecule has 2 aliphatic rings. The van der Waals surface area contributed by atoms with Crippen LogP contribution < -0.4 is 10.6 Å². The van der Waals surface area contributed by atoms with Crippen molar-refractivity contribution < 1.29 is 8.83 Å². The minimum absolute atomic E-state index is 0.158. The number of hydrogen-bond donors (Lipinski definition) is 2. The van der Waals surface area contributed by atoms with Gasteiger partial charge in [-0.15, -0.1) is 0 Å². The number of nitrogens with zero attached hydrogens (tertiary/aromatic N) is 1. The highest BCUT2D eigenvalue weighted by molar-refractivity contribution is 6.34. The second-order valence-electron chi connectivity index (χ2n) is 8.36. The van der Waals surface area contributed by atoms with Crippen LogP contribution in [0, 0.1) is 0 Å². The zero-order chi connectivity index (χ0) is 20.0. The first-order valence-electron chi connectivity index (χ1n) is 10.2. The first-order valence-corrected chi connectivity index (χ1v) is 10.6. The molecule has 1 spiro atoms. The van der Waals surface area contributed by atoms with Crippen molar-refractivity contribution in [3.63, 3.8) is 0 Å². The number of hydrogen-bond acceptors (Lipinski definition) is 5. The predicted molar refractivity (Wildman–Crippen MR) is 116 cm³/mol. The van der Waals surface area contributed by atoms with Crippen LogP contribution in [0.5, 0.6) is 0 Å². The number of rotatable bonds is 4. The summed E-state index contributed by atoms with van der Waals surface area (Å²) in [5.74, 6) is 2.68. The maximum atomic E-state index is 6.70. The third kappa shape index (κ3) is 3.32. The summed E-state index contributed by atoms with van der Waals surface area (Å²) < 4.78 is 11.9. The van der Waals surface area contributed by atoms with Crippen molar-refractivity contribution in [2.75, 3.05) is 12.4 Å². The van der Waals surface area contributed by atoms with Crippen LogP contribution >= 0.6 is 11.6 Å². The summed E-state index contributed by atoms with van der Waals surface area (Å²) in [6, 6.07) is 8.01. The minimum Gasteiger partial charge on any atom is -0.468 e. The molecule has 5 nitrogen and oxygen atoms in total. The van der Waals surface area contributed by atoms with Crippen LogP contribution in [0.1, 0.15) is 49.2 Å². The Morgan fingerprint density at radius 2 is 1.97 bits per heavy atom. The first-order chi connectivity index (χ1) is 14.0. The number of benzene rings is 1. The van der Waals surface area contributed by atoms with Crippen molar-refractivity contribution in [1.82, 2.24) is 10.2 Å². The number of anilines is 1. The molecule has 6 heteroatoms. The van der Waals surface area contributed by atoms with Crippen molar-refractivity contribution >= 4 is 28.3 Å².